The van der Waals surface area contributed by atoms with E-state index in [0.29, 0.717) is 5.75 Å². The van der Waals surface area contributed by atoms with Gasteiger partial charge in [-0.05, 0) is 0 Å². The summed E-state index contributed by atoms with van der Waals surface area (Å²) in [6.07, 6.45) is 1.93. The second kappa shape index (κ2) is 3.03. The van der Waals surface area contributed by atoms with Gasteiger partial charge in [-0.25, -0.2) is 4.79 Å². The summed E-state index contributed by atoms with van der Waals surface area (Å²) in [6, 6.07) is 7.60. The van der Waals surface area contributed by atoms with Crippen LogP contribution in [0.3, 0.4) is 0 Å². The van der Waals surface area contributed by atoms with Crippen molar-refractivity contribution in [1.82, 2.24) is 4.57 Å². The zero-order chi connectivity index (χ0) is 10.4. The lowest BCUT2D eigenvalue weighted by molar-refractivity contribution is -0.140. The number of aliphatic carboxylic acids is 1. The van der Waals surface area contributed by atoms with Gasteiger partial charge in [-0.1, -0.05) is 24.3 Å². The molecule has 3 rings (SSSR count). The van der Waals surface area contributed by atoms with Gasteiger partial charge in [-0.2, -0.15) is 0 Å². The van der Waals surface area contributed by atoms with Crippen LogP contribution in [-0.4, -0.2) is 21.4 Å². The Kier molecular flexibility index (Phi) is 1.79. The molecule has 1 N–H and O–H groups in total. The number of thioether (sulfide) groups is 1. The minimum Gasteiger partial charge on any atom is -0.480 e. The summed E-state index contributed by atoms with van der Waals surface area (Å²) in [4.78, 5) is 11.0. The monoisotopic (exact) mass is 219 g/mol. The molecule has 0 amide bonds. The standard InChI is InChI=1S/C11H9NO2S/c13-11(14)9-6-15-10-8-4-2-1-3-7(8)5-12(9)10/h1-5,9H,6H2,(H,13,14). The van der Waals surface area contributed by atoms with Crippen molar-refractivity contribution in [1.29, 1.82) is 0 Å². The van der Waals surface area contributed by atoms with Gasteiger partial charge >= 0.3 is 5.97 Å². The van der Waals surface area contributed by atoms with Gasteiger partial charge in [0.2, 0.25) is 0 Å². The maximum absolute atomic E-state index is 11.0. The first-order valence-electron chi connectivity index (χ1n) is 4.72. The molecule has 4 heteroatoms. The number of hydrogen-bond donors (Lipinski definition) is 1. The van der Waals surface area contributed by atoms with Crippen LogP contribution in [0.4, 0.5) is 0 Å². The van der Waals surface area contributed by atoms with E-state index < -0.39 is 12.0 Å². The second-order valence-corrected chi connectivity index (χ2v) is 4.60. The summed E-state index contributed by atoms with van der Waals surface area (Å²) in [5.41, 5.74) is 0. The van der Waals surface area contributed by atoms with E-state index in [4.69, 9.17) is 5.11 Å². The molecule has 1 aromatic carbocycles. The fourth-order valence-corrected chi connectivity index (χ4v) is 3.25. The van der Waals surface area contributed by atoms with Gasteiger partial charge in [0.15, 0.2) is 0 Å². The fraction of sp³-hybridized carbons (Fsp3) is 0.182. The van der Waals surface area contributed by atoms with Crippen LogP contribution in [0, 0.1) is 0 Å². The first-order valence-corrected chi connectivity index (χ1v) is 5.71. The molecule has 0 radical (unpaired) electrons. The van der Waals surface area contributed by atoms with Crippen LogP contribution in [0.5, 0.6) is 0 Å². The molecular weight excluding hydrogens is 210 g/mol. The highest BCUT2D eigenvalue weighted by molar-refractivity contribution is 7.99. The van der Waals surface area contributed by atoms with Gasteiger partial charge in [0.05, 0.1) is 5.03 Å². The van der Waals surface area contributed by atoms with Gasteiger partial charge in [0.1, 0.15) is 6.04 Å². The Hall–Kier alpha value is -1.42. The number of carboxylic acid groups (broad SMARTS) is 1. The summed E-state index contributed by atoms with van der Waals surface area (Å²) in [5, 5.41) is 12.4. The van der Waals surface area contributed by atoms with Crippen LogP contribution in [-0.2, 0) is 4.79 Å². The fourth-order valence-electron chi connectivity index (χ4n) is 1.96. The highest BCUT2D eigenvalue weighted by Gasteiger charge is 2.29. The molecule has 0 fully saturated rings. The smallest absolute Gasteiger partial charge is 0.327 e. The number of carboxylic acids is 1. The van der Waals surface area contributed by atoms with E-state index in [1.54, 1.807) is 11.8 Å². The molecule has 1 atom stereocenters. The van der Waals surface area contributed by atoms with Crippen molar-refractivity contribution in [3.05, 3.63) is 30.5 Å². The Morgan fingerprint density at radius 3 is 3.07 bits per heavy atom. The lowest BCUT2D eigenvalue weighted by Crippen LogP contribution is -2.16. The Morgan fingerprint density at radius 2 is 2.27 bits per heavy atom. The molecule has 0 saturated carbocycles. The van der Waals surface area contributed by atoms with Gasteiger partial charge in [-0.3, -0.25) is 0 Å². The van der Waals surface area contributed by atoms with Gasteiger partial charge in [-0.15, -0.1) is 11.8 Å². The van der Waals surface area contributed by atoms with Crippen LogP contribution in [0.25, 0.3) is 10.8 Å². The van der Waals surface area contributed by atoms with E-state index in [9.17, 15) is 4.79 Å². The van der Waals surface area contributed by atoms with Crippen molar-refractivity contribution in [2.24, 2.45) is 0 Å². The molecule has 1 aliphatic rings. The van der Waals surface area contributed by atoms with E-state index >= 15 is 0 Å². The quantitative estimate of drug-likeness (QED) is 0.800. The van der Waals surface area contributed by atoms with E-state index in [1.807, 2.05) is 35.0 Å². The summed E-state index contributed by atoms with van der Waals surface area (Å²) >= 11 is 1.62. The van der Waals surface area contributed by atoms with Crippen molar-refractivity contribution in [3.63, 3.8) is 0 Å². The minimum absolute atomic E-state index is 0.405. The highest BCUT2D eigenvalue weighted by atomic mass is 32.2. The van der Waals surface area contributed by atoms with Gasteiger partial charge < -0.3 is 9.67 Å². The molecule has 0 saturated heterocycles. The molecular formula is C11H9NO2S. The number of rotatable bonds is 1. The molecule has 2 aromatic rings. The van der Waals surface area contributed by atoms with Crippen molar-refractivity contribution in [2.75, 3.05) is 5.75 Å². The zero-order valence-electron chi connectivity index (χ0n) is 7.88. The van der Waals surface area contributed by atoms with E-state index in [0.717, 1.165) is 15.8 Å². The van der Waals surface area contributed by atoms with Crippen LogP contribution < -0.4 is 0 Å². The Balaban J connectivity index is 2.25. The minimum atomic E-state index is -0.749. The average Bonchev–Trinajstić information content (AvgIpc) is 2.74. The molecule has 1 unspecified atom stereocenters. The number of fused-ring (bicyclic) bond motifs is 3. The molecule has 2 heterocycles. The summed E-state index contributed by atoms with van der Waals surface area (Å²) < 4.78 is 1.87. The predicted octanol–water partition coefficient (Wildman–Crippen LogP) is 2.37. The SMILES string of the molecule is O=C(O)C1CSc2c3ccccc3cn21. The number of nitrogens with zero attached hydrogens (tertiary/aromatic N) is 1. The van der Waals surface area contributed by atoms with Crippen LogP contribution in [0.1, 0.15) is 6.04 Å². The molecule has 76 valence electrons. The largest absolute Gasteiger partial charge is 0.480 e. The number of hydrogen-bond acceptors (Lipinski definition) is 2. The first kappa shape index (κ1) is 8.85. The van der Waals surface area contributed by atoms with Crippen molar-refractivity contribution in [3.8, 4) is 0 Å². The molecule has 1 aliphatic heterocycles. The van der Waals surface area contributed by atoms with E-state index in [2.05, 4.69) is 0 Å². The number of benzene rings is 1. The van der Waals surface area contributed by atoms with Crippen molar-refractivity contribution >= 4 is 28.5 Å². The van der Waals surface area contributed by atoms with E-state index in [-0.39, 0.29) is 0 Å². The molecule has 0 spiro atoms. The summed E-state index contributed by atoms with van der Waals surface area (Å²) in [7, 11) is 0. The van der Waals surface area contributed by atoms with Crippen LogP contribution in [0.2, 0.25) is 0 Å². The van der Waals surface area contributed by atoms with Crippen LogP contribution >= 0.6 is 11.8 Å². The lowest BCUT2D eigenvalue weighted by Gasteiger charge is -2.04. The third kappa shape index (κ3) is 1.18. The Bertz CT molecular complexity index is 547. The zero-order valence-corrected chi connectivity index (χ0v) is 8.70. The highest BCUT2D eigenvalue weighted by Crippen LogP contribution is 2.39. The molecule has 15 heavy (non-hydrogen) atoms. The number of aromatic nitrogens is 1. The summed E-state index contributed by atoms with van der Waals surface area (Å²) in [6.45, 7) is 0. The summed E-state index contributed by atoms with van der Waals surface area (Å²) in [5.74, 6) is -0.114. The van der Waals surface area contributed by atoms with Gasteiger partial charge in [0.25, 0.3) is 0 Å². The lowest BCUT2D eigenvalue weighted by atomic mass is 10.2. The Labute approximate surface area is 90.7 Å². The predicted molar refractivity (Wildman–Crippen MR) is 59.3 cm³/mol. The average molecular weight is 219 g/mol. The maximum Gasteiger partial charge on any atom is 0.327 e. The normalized spacial score (nSPS) is 19.3. The molecule has 1 aromatic heterocycles. The van der Waals surface area contributed by atoms with Crippen molar-refractivity contribution in [2.45, 2.75) is 11.1 Å². The topological polar surface area (TPSA) is 42.2 Å². The third-order valence-corrected chi connectivity index (χ3v) is 3.89. The van der Waals surface area contributed by atoms with Gasteiger partial charge in [0, 0.05) is 22.7 Å². The maximum atomic E-state index is 11.0. The van der Waals surface area contributed by atoms with E-state index in [1.165, 1.54) is 0 Å². The van der Waals surface area contributed by atoms with Crippen molar-refractivity contribution < 1.29 is 9.90 Å². The third-order valence-electron chi connectivity index (χ3n) is 2.70. The first-order chi connectivity index (χ1) is 7.27. The number of carbonyl (C=O) groups is 1. The molecule has 0 aliphatic carbocycles. The van der Waals surface area contributed by atoms with Crippen LogP contribution in [0.15, 0.2) is 35.5 Å². The molecule has 0 bridgehead atoms. The molecule has 3 nitrogen and oxygen atoms in total. The Morgan fingerprint density at radius 1 is 1.47 bits per heavy atom. The second-order valence-electron chi connectivity index (χ2n) is 3.59.